The van der Waals surface area contributed by atoms with Crippen LogP contribution in [0.15, 0.2) is 52.5 Å². The normalized spacial score (nSPS) is 14.2. The number of aliphatic imine (C=N–C) groups is 1. The lowest BCUT2D eigenvalue weighted by atomic mass is 10.4. The van der Waals surface area contributed by atoms with Gasteiger partial charge in [-0.2, -0.15) is 0 Å². The van der Waals surface area contributed by atoms with E-state index in [-0.39, 0.29) is 10.6 Å². The van der Waals surface area contributed by atoms with Crippen LogP contribution >= 0.6 is 11.6 Å². The number of sulfone groups is 1. The highest BCUT2D eigenvalue weighted by Crippen LogP contribution is 2.22. The number of fused-ring (bicyclic) bond motifs is 1. The molecule has 3 rings (SSSR count). The number of hydrogen-bond donors (Lipinski definition) is 0. The van der Waals surface area contributed by atoms with Crippen molar-refractivity contribution in [1.29, 1.82) is 0 Å². The maximum Gasteiger partial charge on any atom is 0.279 e. The van der Waals surface area contributed by atoms with E-state index in [4.69, 9.17) is 11.6 Å². The Balaban J connectivity index is 1.90. The maximum absolute atomic E-state index is 12.2. The minimum atomic E-state index is -3.61. The molecule has 0 N–H and O–H groups in total. The average molecular weight is 309 g/mol. The van der Waals surface area contributed by atoms with Gasteiger partial charge in [-0.25, -0.2) is 13.4 Å². The molecule has 2 heterocycles. The van der Waals surface area contributed by atoms with Crippen LogP contribution in [0.4, 0.5) is 5.82 Å². The van der Waals surface area contributed by atoms with Gasteiger partial charge in [0.25, 0.3) is 5.91 Å². The van der Waals surface area contributed by atoms with Gasteiger partial charge in [0, 0.05) is 11.2 Å². The standard InChI is InChI=1S/C13H9ClN2O3S/c14-9-3-5-10(6-4-9)20(18,19)8-11-13(17)16-7-1-2-12(16)15-11/h1-7H,8H2. The van der Waals surface area contributed by atoms with Gasteiger partial charge < -0.3 is 0 Å². The van der Waals surface area contributed by atoms with Crippen LogP contribution in [0.1, 0.15) is 4.79 Å². The Labute approximate surface area is 120 Å². The van der Waals surface area contributed by atoms with Crippen LogP contribution in [0.3, 0.4) is 0 Å². The Morgan fingerprint density at radius 2 is 1.85 bits per heavy atom. The molecule has 0 spiro atoms. The first-order valence-electron chi connectivity index (χ1n) is 5.75. The quantitative estimate of drug-likeness (QED) is 0.874. The zero-order valence-electron chi connectivity index (χ0n) is 10.2. The van der Waals surface area contributed by atoms with Gasteiger partial charge in [0.1, 0.15) is 17.3 Å². The van der Waals surface area contributed by atoms with Gasteiger partial charge in [0.05, 0.1) is 4.90 Å². The van der Waals surface area contributed by atoms with Crippen molar-refractivity contribution in [2.75, 3.05) is 5.75 Å². The van der Waals surface area contributed by atoms with Crippen molar-refractivity contribution in [3.05, 3.63) is 47.6 Å². The number of carbonyl (C=O) groups excluding carboxylic acids is 1. The molecular weight excluding hydrogens is 300 g/mol. The summed E-state index contributed by atoms with van der Waals surface area (Å²) < 4.78 is 25.8. The molecule has 2 aromatic rings. The summed E-state index contributed by atoms with van der Waals surface area (Å²) in [5.41, 5.74) is 0.0237. The summed E-state index contributed by atoms with van der Waals surface area (Å²) in [4.78, 5) is 16.1. The summed E-state index contributed by atoms with van der Waals surface area (Å²) in [5, 5.41) is 0.453. The summed E-state index contributed by atoms with van der Waals surface area (Å²) in [5.74, 6) is -0.367. The van der Waals surface area contributed by atoms with Crippen LogP contribution in [-0.4, -0.2) is 30.4 Å². The van der Waals surface area contributed by atoms with Crippen LogP contribution in [0.5, 0.6) is 0 Å². The van der Waals surface area contributed by atoms with E-state index in [2.05, 4.69) is 4.99 Å². The van der Waals surface area contributed by atoms with Crippen LogP contribution in [0.25, 0.3) is 0 Å². The molecule has 0 amide bonds. The first-order chi connectivity index (χ1) is 9.47. The van der Waals surface area contributed by atoms with E-state index in [1.165, 1.54) is 28.8 Å². The first kappa shape index (κ1) is 13.1. The average Bonchev–Trinajstić information content (AvgIpc) is 2.95. The fourth-order valence-electron chi connectivity index (χ4n) is 1.96. The van der Waals surface area contributed by atoms with Gasteiger partial charge in [-0.1, -0.05) is 11.6 Å². The Morgan fingerprint density at radius 3 is 2.50 bits per heavy atom. The minimum Gasteiger partial charge on any atom is -0.267 e. The number of hydrogen-bond acceptors (Lipinski definition) is 4. The largest absolute Gasteiger partial charge is 0.279 e. The van der Waals surface area contributed by atoms with Gasteiger partial charge in [0.15, 0.2) is 9.84 Å². The third-order valence-corrected chi connectivity index (χ3v) is 4.84. The number of halogens is 1. The van der Waals surface area contributed by atoms with Crippen molar-refractivity contribution in [2.24, 2.45) is 4.99 Å². The molecule has 1 aliphatic rings. The lowest BCUT2D eigenvalue weighted by Gasteiger charge is -2.04. The number of nitrogens with zero attached hydrogens (tertiary/aromatic N) is 2. The molecule has 0 saturated carbocycles. The molecule has 1 aromatic carbocycles. The Bertz CT molecular complexity index is 820. The highest BCUT2D eigenvalue weighted by atomic mass is 35.5. The Kier molecular flexibility index (Phi) is 2.99. The smallest absolute Gasteiger partial charge is 0.267 e. The molecule has 0 bridgehead atoms. The Morgan fingerprint density at radius 1 is 1.15 bits per heavy atom. The molecule has 0 saturated heterocycles. The number of carbonyl (C=O) groups is 1. The fraction of sp³-hybridized carbons (Fsp3) is 0.0769. The lowest BCUT2D eigenvalue weighted by Crippen LogP contribution is -2.24. The Hall–Kier alpha value is -1.92. The molecule has 5 nitrogen and oxygen atoms in total. The van der Waals surface area contributed by atoms with E-state index in [1.54, 1.807) is 18.3 Å². The lowest BCUT2D eigenvalue weighted by molar-refractivity contribution is 0.0997. The first-order valence-corrected chi connectivity index (χ1v) is 7.78. The molecule has 0 fully saturated rings. The van der Waals surface area contributed by atoms with Crippen molar-refractivity contribution in [2.45, 2.75) is 4.90 Å². The molecule has 7 heteroatoms. The van der Waals surface area contributed by atoms with Crippen molar-refractivity contribution < 1.29 is 13.2 Å². The van der Waals surface area contributed by atoms with E-state index in [0.29, 0.717) is 10.8 Å². The molecule has 102 valence electrons. The van der Waals surface area contributed by atoms with E-state index >= 15 is 0 Å². The second kappa shape index (κ2) is 4.57. The summed E-state index contributed by atoms with van der Waals surface area (Å²) in [6.45, 7) is 0. The highest BCUT2D eigenvalue weighted by molar-refractivity contribution is 7.92. The van der Waals surface area contributed by atoms with Crippen LogP contribution in [0, 0.1) is 0 Å². The van der Waals surface area contributed by atoms with E-state index < -0.39 is 21.5 Å². The van der Waals surface area contributed by atoms with Crippen molar-refractivity contribution in [3.8, 4) is 0 Å². The second-order valence-electron chi connectivity index (χ2n) is 4.31. The number of rotatable bonds is 3. The topological polar surface area (TPSA) is 68.5 Å². The summed E-state index contributed by atoms with van der Waals surface area (Å²) in [6.07, 6.45) is 1.56. The molecule has 0 radical (unpaired) electrons. The van der Waals surface area contributed by atoms with E-state index in [1.807, 2.05) is 0 Å². The predicted molar refractivity (Wildman–Crippen MR) is 75.7 cm³/mol. The van der Waals surface area contributed by atoms with Gasteiger partial charge in [-0.15, -0.1) is 0 Å². The van der Waals surface area contributed by atoms with Gasteiger partial charge >= 0.3 is 0 Å². The van der Waals surface area contributed by atoms with Crippen LogP contribution < -0.4 is 0 Å². The van der Waals surface area contributed by atoms with Crippen molar-refractivity contribution in [1.82, 2.24) is 4.57 Å². The van der Waals surface area contributed by atoms with Gasteiger partial charge in [-0.3, -0.25) is 9.36 Å². The molecule has 0 aliphatic carbocycles. The highest BCUT2D eigenvalue weighted by Gasteiger charge is 2.28. The zero-order chi connectivity index (χ0) is 14.3. The monoisotopic (exact) mass is 308 g/mol. The molecule has 1 aromatic heterocycles. The number of aromatic nitrogens is 1. The van der Waals surface area contributed by atoms with Crippen LogP contribution in [0.2, 0.25) is 5.02 Å². The predicted octanol–water partition coefficient (Wildman–Crippen LogP) is 2.34. The SMILES string of the molecule is O=C1C(CS(=O)(=O)c2ccc(Cl)cc2)=Nc2cccn21. The molecule has 0 unspecified atom stereocenters. The van der Waals surface area contributed by atoms with Gasteiger partial charge in [0.2, 0.25) is 0 Å². The molecule has 0 atom stereocenters. The minimum absolute atomic E-state index is 0.0237. The zero-order valence-corrected chi connectivity index (χ0v) is 11.7. The van der Waals surface area contributed by atoms with Crippen molar-refractivity contribution >= 4 is 38.9 Å². The third kappa shape index (κ3) is 2.17. The van der Waals surface area contributed by atoms with Crippen LogP contribution in [-0.2, 0) is 9.84 Å². The number of benzene rings is 1. The molecular formula is C13H9ClN2O3S. The summed E-state index contributed by atoms with van der Waals surface area (Å²) >= 11 is 5.73. The molecule has 1 aliphatic heterocycles. The second-order valence-corrected chi connectivity index (χ2v) is 6.74. The summed E-state index contributed by atoms with van der Waals surface area (Å²) in [7, 11) is -3.61. The van der Waals surface area contributed by atoms with E-state index in [0.717, 1.165) is 0 Å². The maximum atomic E-state index is 12.2. The van der Waals surface area contributed by atoms with Gasteiger partial charge in [-0.05, 0) is 36.4 Å². The summed E-state index contributed by atoms with van der Waals surface area (Å²) in [6, 6.07) is 9.16. The fourth-order valence-corrected chi connectivity index (χ4v) is 3.35. The van der Waals surface area contributed by atoms with Crippen molar-refractivity contribution in [3.63, 3.8) is 0 Å². The van der Waals surface area contributed by atoms with E-state index in [9.17, 15) is 13.2 Å². The third-order valence-electron chi connectivity index (χ3n) is 2.94. The molecule has 20 heavy (non-hydrogen) atoms.